The minimum absolute atomic E-state index is 0.0329. The normalized spacial score (nSPS) is 19.8. The van der Waals surface area contributed by atoms with Gasteiger partial charge in [0.25, 0.3) is 5.56 Å². The number of nitrogens with one attached hydrogen (secondary N) is 2. The number of nitrogens with zero attached hydrogens (tertiary/aromatic N) is 3. The van der Waals surface area contributed by atoms with Gasteiger partial charge >= 0.3 is 19.7 Å². The van der Waals surface area contributed by atoms with Gasteiger partial charge in [-0.05, 0) is 55.7 Å². The number of hydrogen-bond donors (Lipinski definition) is 4. The van der Waals surface area contributed by atoms with Gasteiger partial charge < -0.3 is 25.5 Å². The van der Waals surface area contributed by atoms with Crippen molar-refractivity contribution < 1.29 is 32.7 Å². The third kappa shape index (κ3) is 10.0. The van der Waals surface area contributed by atoms with E-state index in [9.17, 15) is 18.9 Å². The summed E-state index contributed by atoms with van der Waals surface area (Å²) in [5.41, 5.74) is 11.4. The van der Waals surface area contributed by atoms with Crippen LogP contribution in [0.2, 0.25) is 0 Å². The molecule has 3 aromatic rings. The van der Waals surface area contributed by atoms with Gasteiger partial charge in [-0.2, -0.15) is 10.1 Å². The third-order valence-electron chi connectivity index (χ3n) is 8.11. The van der Waals surface area contributed by atoms with E-state index >= 15 is 0 Å². The van der Waals surface area contributed by atoms with Gasteiger partial charge in [-0.15, -0.1) is 0 Å². The first kappa shape index (κ1) is 37.8. The number of nitrogens with two attached hydrogens (primary N) is 2. The molecule has 1 saturated carbocycles. The first-order chi connectivity index (χ1) is 23.1. The number of nitrogen functional groups attached to an aromatic ring is 1. The summed E-state index contributed by atoms with van der Waals surface area (Å²) in [6.45, 7) is 10.9. The second-order valence-electron chi connectivity index (χ2n) is 13.3. The van der Waals surface area contributed by atoms with E-state index in [2.05, 4.69) is 20.0 Å². The largest absolute Gasteiger partial charge is 0.463 e. The van der Waals surface area contributed by atoms with Crippen molar-refractivity contribution in [3.8, 4) is 5.75 Å². The quantitative estimate of drug-likeness (QED) is 0.107. The number of esters is 2. The van der Waals surface area contributed by atoms with Crippen LogP contribution >= 0.6 is 7.75 Å². The molecular formula is C33H48N7O8P. The summed E-state index contributed by atoms with van der Waals surface area (Å²) in [6, 6.07) is 6.59. The van der Waals surface area contributed by atoms with E-state index in [1.807, 2.05) is 41.5 Å². The van der Waals surface area contributed by atoms with Crippen molar-refractivity contribution in [3.63, 3.8) is 0 Å². The van der Waals surface area contributed by atoms with Crippen molar-refractivity contribution in [1.82, 2.24) is 24.6 Å². The Kier molecular flexibility index (Phi) is 12.4. The van der Waals surface area contributed by atoms with Crippen LogP contribution in [-0.4, -0.2) is 62.9 Å². The molecule has 0 amide bonds. The Bertz CT molecular complexity index is 1740. The number of aromatic amines is 1. The highest BCUT2D eigenvalue weighted by Gasteiger charge is 2.53. The molecule has 0 aliphatic heterocycles. The molecule has 49 heavy (non-hydrogen) atoms. The number of fused-ring (bicyclic) bond motifs is 1. The molecule has 1 aliphatic carbocycles. The average Bonchev–Trinajstić information content (AvgIpc) is 3.56. The number of H-pyrrole nitrogens is 1. The molecule has 0 radical (unpaired) electrons. The molecule has 6 N–H and O–H groups in total. The molecule has 268 valence electrons. The average molecular weight is 702 g/mol. The van der Waals surface area contributed by atoms with E-state index in [0.717, 1.165) is 12.0 Å². The molecule has 0 saturated heterocycles. The van der Waals surface area contributed by atoms with E-state index in [0.29, 0.717) is 19.3 Å². The Labute approximate surface area is 285 Å². The second kappa shape index (κ2) is 16.1. The van der Waals surface area contributed by atoms with E-state index < -0.39 is 42.7 Å². The smallest absolute Gasteiger partial charge is 0.459 e. The summed E-state index contributed by atoms with van der Waals surface area (Å²) in [4.78, 5) is 49.3. The Morgan fingerprint density at radius 2 is 1.86 bits per heavy atom. The molecule has 0 spiro atoms. The summed E-state index contributed by atoms with van der Waals surface area (Å²) < 4.78 is 39.5. The van der Waals surface area contributed by atoms with Gasteiger partial charge in [0.15, 0.2) is 11.2 Å². The number of anilines is 1. The molecule has 0 unspecified atom stereocenters. The number of aromatic nitrogens is 4. The standard InChI is InChI=1S/C33H48N7O8P/c1-7-11-22(6)47-30(42)25(14-20(2)3)39-49(44,48-24-12-9-8-10-13-24)46-18-33(17-45-31(43)26(34)21(4)5)15-23(33)16-40-19-36-27-28(40)37-32(35)38-29(27)41/h8-10,12-13,16,19-22,25-26H,7,11,14-15,17-18,34H2,1-6H3,(H,39,44)(H3,35,37,38,41)/b23-16-/t22-,25-,26+,33-,49-/m0/s1. The van der Waals surface area contributed by atoms with Crippen LogP contribution in [0, 0.1) is 17.3 Å². The second-order valence-corrected chi connectivity index (χ2v) is 15.0. The zero-order chi connectivity index (χ0) is 35.9. The SMILES string of the molecule is CCC[C@H](C)OC(=O)[C@H](CC(C)C)N[P@](=O)(OC[C@@]1(COC(=O)[C@H](N)C(C)C)C/C1=C/n1cnc2c(=O)[nH]c(N)nc21)Oc1ccccc1. The van der Waals surface area contributed by atoms with Gasteiger partial charge in [-0.1, -0.05) is 59.2 Å². The molecule has 5 atom stereocenters. The molecule has 16 heteroatoms. The van der Waals surface area contributed by atoms with Crippen LogP contribution in [0.4, 0.5) is 5.95 Å². The number of carbonyl (C=O) groups excluding carboxylic acids is 2. The van der Waals surface area contributed by atoms with Crippen molar-refractivity contribution >= 4 is 43.0 Å². The fourth-order valence-electron chi connectivity index (χ4n) is 5.14. The minimum Gasteiger partial charge on any atom is -0.463 e. The van der Waals surface area contributed by atoms with Crippen molar-refractivity contribution in [2.75, 3.05) is 18.9 Å². The van der Waals surface area contributed by atoms with Crippen LogP contribution in [0.1, 0.15) is 67.2 Å². The third-order valence-corrected chi connectivity index (χ3v) is 9.66. The molecule has 2 heterocycles. The van der Waals surface area contributed by atoms with Crippen LogP contribution in [-0.2, 0) is 28.2 Å². The number of imidazole rings is 1. The summed E-state index contributed by atoms with van der Waals surface area (Å²) in [5, 5.41) is 2.87. The predicted octanol–water partition coefficient (Wildman–Crippen LogP) is 4.40. The van der Waals surface area contributed by atoms with Gasteiger partial charge in [0.05, 0.1) is 18.1 Å². The Balaban J connectivity index is 1.66. The highest BCUT2D eigenvalue weighted by Crippen LogP contribution is 2.57. The number of rotatable bonds is 18. The molecule has 2 aromatic heterocycles. The molecule has 1 aliphatic rings. The van der Waals surface area contributed by atoms with E-state index in [1.54, 1.807) is 36.5 Å². The summed E-state index contributed by atoms with van der Waals surface area (Å²) in [6.07, 6.45) is 4.92. The number of carbonyl (C=O) groups is 2. The number of benzene rings is 1. The Hall–Kier alpha value is -4.04. The van der Waals surface area contributed by atoms with Crippen LogP contribution in [0.5, 0.6) is 5.75 Å². The number of ether oxygens (including phenoxy) is 2. The molecule has 1 fully saturated rings. The molecule has 15 nitrogen and oxygen atoms in total. The van der Waals surface area contributed by atoms with Gasteiger partial charge in [0, 0.05) is 6.20 Å². The van der Waals surface area contributed by atoms with Gasteiger partial charge in [-0.3, -0.25) is 28.5 Å². The van der Waals surface area contributed by atoms with Gasteiger partial charge in [-0.25, -0.2) is 9.55 Å². The highest BCUT2D eigenvalue weighted by molar-refractivity contribution is 7.52. The predicted molar refractivity (Wildman–Crippen MR) is 185 cm³/mol. The molecule has 4 rings (SSSR count). The maximum Gasteiger partial charge on any atom is 0.459 e. The fourth-order valence-corrected chi connectivity index (χ4v) is 6.73. The number of hydrogen-bond acceptors (Lipinski definition) is 12. The lowest BCUT2D eigenvalue weighted by atomic mass is 10.0. The van der Waals surface area contributed by atoms with Crippen LogP contribution in [0.25, 0.3) is 17.4 Å². The van der Waals surface area contributed by atoms with Crippen molar-refractivity contribution in [1.29, 1.82) is 0 Å². The Morgan fingerprint density at radius 3 is 2.51 bits per heavy atom. The maximum atomic E-state index is 14.6. The first-order valence-electron chi connectivity index (χ1n) is 16.5. The van der Waals surface area contributed by atoms with Crippen LogP contribution < -0.4 is 26.6 Å². The van der Waals surface area contributed by atoms with E-state index in [1.165, 1.54) is 10.9 Å². The zero-order valence-electron chi connectivity index (χ0n) is 28.9. The summed E-state index contributed by atoms with van der Waals surface area (Å²) in [5.74, 6) is -1.13. The molecular weight excluding hydrogens is 653 g/mol. The van der Waals surface area contributed by atoms with Crippen LogP contribution in [0.3, 0.4) is 0 Å². The van der Waals surface area contributed by atoms with E-state index in [-0.39, 0.29) is 54.0 Å². The van der Waals surface area contributed by atoms with Gasteiger partial charge in [0.1, 0.15) is 30.8 Å². The maximum absolute atomic E-state index is 14.6. The van der Waals surface area contributed by atoms with Gasteiger partial charge in [0.2, 0.25) is 5.95 Å². The number of para-hydroxylation sites is 1. The highest BCUT2D eigenvalue weighted by atomic mass is 31.2. The van der Waals surface area contributed by atoms with Crippen LogP contribution in [0.15, 0.2) is 47.0 Å². The van der Waals surface area contributed by atoms with Crippen molar-refractivity contribution in [3.05, 3.63) is 52.6 Å². The summed E-state index contributed by atoms with van der Waals surface area (Å²) >= 11 is 0. The topological polar surface area (TPSA) is 216 Å². The minimum atomic E-state index is -4.29. The lowest BCUT2D eigenvalue weighted by molar-refractivity contribution is -0.151. The Morgan fingerprint density at radius 1 is 1.14 bits per heavy atom. The monoisotopic (exact) mass is 701 g/mol. The summed E-state index contributed by atoms with van der Waals surface area (Å²) in [7, 11) is -4.29. The van der Waals surface area contributed by atoms with Crippen molar-refractivity contribution in [2.24, 2.45) is 23.0 Å². The first-order valence-corrected chi connectivity index (χ1v) is 18.0. The van der Waals surface area contributed by atoms with E-state index in [4.69, 9.17) is 30.0 Å². The molecule has 0 bridgehead atoms. The molecule has 1 aromatic carbocycles. The fraction of sp³-hybridized carbons (Fsp3) is 0.545. The lowest BCUT2D eigenvalue weighted by Gasteiger charge is -2.28. The van der Waals surface area contributed by atoms with Crippen molar-refractivity contribution in [2.45, 2.75) is 85.4 Å². The zero-order valence-corrected chi connectivity index (χ0v) is 29.8. The lowest BCUT2D eigenvalue weighted by Crippen LogP contribution is -2.40.